The van der Waals surface area contributed by atoms with Gasteiger partial charge in [-0.3, -0.25) is 5.10 Å². The highest BCUT2D eigenvalue weighted by Gasteiger charge is 2.07. The fraction of sp³-hybridized carbons (Fsp3) is 0.273. The topological polar surface area (TPSA) is 67.6 Å². The Morgan fingerprint density at radius 1 is 1.35 bits per heavy atom. The van der Waals surface area contributed by atoms with Crippen LogP contribution in [0.15, 0.2) is 22.7 Å². The van der Waals surface area contributed by atoms with Gasteiger partial charge in [0.15, 0.2) is 5.82 Å². The van der Waals surface area contributed by atoms with Crippen LogP contribution in [0.2, 0.25) is 5.02 Å². The van der Waals surface area contributed by atoms with Crippen LogP contribution < -0.4 is 5.73 Å². The van der Waals surface area contributed by atoms with Gasteiger partial charge in [0, 0.05) is 21.5 Å². The summed E-state index contributed by atoms with van der Waals surface area (Å²) < 4.78 is 0.910. The molecule has 3 N–H and O–H groups in total. The van der Waals surface area contributed by atoms with Gasteiger partial charge in [0.05, 0.1) is 0 Å². The van der Waals surface area contributed by atoms with Gasteiger partial charge in [-0.15, -0.1) is 0 Å². The molecule has 1 heterocycles. The van der Waals surface area contributed by atoms with Crippen LogP contribution in [-0.2, 0) is 6.42 Å². The summed E-state index contributed by atoms with van der Waals surface area (Å²) in [6.07, 6.45) is 1.71. The first-order chi connectivity index (χ1) is 8.19. The number of halogens is 2. The Morgan fingerprint density at radius 2 is 2.18 bits per heavy atom. The number of hydrogen-bond acceptors (Lipinski definition) is 3. The zero-order chi connectivity index (χ0) is 12.3. The highest BCUT2D eigenvalue weighted by Crippen LogP contribution is 2.25. The molecule has 0 saturated heterocycles. The molecule has 0 spiro atoms. The summed E-state index contributed by atoms with van der Waals surface area (Å²) >= 11 is 9.37. The number of nitrogens with zero attached hydrogens (tertiary/aromatic N) is 2. The monoisotopic (exact) mass is 314 g/mol. The summed E-state index contributed by atoms with van der Waals surface area (Å²) in [5.41, 5.74) is 6.34. The Labute approximate surface area is 113 Å². The van der Waals surface area contributed by atoms with Gasteiger partial charge in [-0.05, 0) is 31.2 Å². The molecule has 0 unspecified atom stereocenters. The average molecular weight is 316 g/mol. The second-order valence-electron chi connectivity index (χ2n) is 3.66. The molecule has 90 valence electrons. The van der Waals surface area contributed by atoms with Crippen LogP contribution in [0.3, 0.4) is 0 Å². The molecule has 4 nitrogen and oxygen atoms in total. The third-order valence-electron chi connectivity index (χ3n) is 2.27. The maximum Gasteiger partial charge on any atom is 0.181 e. The van der Waals surface area contributed by atoms with Crippen molar-refractivity contribution >= 4 is 27.5 Å². The van der Waals surface area contributed by atoms with Gasteiger partial charge in [0.2, 0.25) is 0 Å². The molecular formula is C11H12BrClN4. The summed E-state index contributed by atoms with van der Waals surface area (Å²) in [6, 6.07) is 5.59. The van der Waals surface area contributed by atoms with E-state index in [1.165, 1.54) is 0 Å². The fourth-order valence-electron chi connectivity index (χ4n) is 1.49. The predicted molar refractivity (Wildman–Crippen MR) is 71.9 cm³/mol. The number of aryl methyl sites for hydroxylation is 1. The van der Waals surface area contributed by atoms with E-state index in [0.717, 1.165) is 28.7 Å². The van der Waals surface area contributed by atoms with Crippen LogP contribution in [-0.4, -0.2) is 21.7 Å². The molecule has 0 fully saturated rings. The van der Waals surface area contributed by atoms with E-state index in [1.54, 1.807) is 0 Å². The SMILES string of the molecule is NCCCc1nc(-c2cc(Cl)cc(Br)c2)n[nH]1. The normalized spacial score (nSPS) is 10.8. The van der Waals surface area contributed by atoms with Gasteiger partial charge in [-0.1, -0.05) is 27.5 Å². The Hall–Kier alpha value is -0.910. The van der Waals surface area contributed by atoms with Crippen LogP contribution in [0.1, 0.15) is 12.2 Å². The van der Waals surface area contributed by atoms with Crippen molar-refractivity contribution in [2.75, 3.05) is 6.54 Å². The second kappa shape index (κ2) is 5.62. The van der Waals surface area contributed by atoms with E-state index in [4.69, 9.17) is 17.3 Å². The largest absolute Gasteiger partial charge is 0.330 e. The molecule has 2 aromatic rings. The number of rotatable bonds is 4. The second-order valence-corrected chi connectivity index (χ2v) is 5.01. The van der Waals surface area contributed by atoms with Gasteiger partial charge < -0.3 is 5.73 Å². The van der Waals surface area contributed by atoms with Crippen molar-refractivity contribution < 1.29 is 0 Å². The van der Waals surface area contributed by atoms with Crippen molar-refractivity contribution in [2.45, 2.75) is 12.8 Å². The zero-order valence-electron chi connectivity index (χ0n) is 9.08. The molecule has 2 rings (SSSR count). The molecule has 0 atom stereocenters. The van der Waals surface area contributed by atoms with Gasteiger partial charge in [0.1, 0.15) is 5.82 Å². The van der Waals surface area contributed by atoms with Crippen molar-refractivity contribution in [2.24, 2.45) is 5.73 Å². The highest BCUT2D eigenvalue weighted by atomic mass is 79.9. The van der Waals surface area contributed by atoms with E-state index in [1.807, 2.05) is 18.2 Å². The lowest BCUT2D eigenvalue weighted by atomic mass is 10.2. The van der Waals surface area contributed by atoms with Crippen molar-refractivity contribution in [3.8, 4) is 11.4 Å². The minimum atomic E-state index is 0.652. The molecule has 1 aromatic carbocycles. The fourth-order valence-corrected chi connectivity index (χ4v) is 2.35. The maximum atomic E-state index is 5.98. The summed E-state index contributed by atoms with van der Waals surface area (Å²) in [4.78, 5) is 4.40. The Balaban J connectivity index is 2.24. The van der Waals surface area contributed by atoms with Gasteiger partial charge in [0.25, 0.3) is 0 Å². The minimum Gasteiger partial charge on any atom is -0.330 e. The van der Waals surface area contributed by atoms with Crippen molar-refractivity contribution in [3.63, 3.8) is 0 Å². The number of hydrogen-bond donors (Lipinski definition) is 2. The van der Waals surface area contributed by atoms with Gasteiger partial charge in [-0.2, -0.15) is 5.10 Å². The number of aromatic amines is 1. The Bertz CT molecular complexity index is 492. The molecule has 6 heteroatoms. The number of nitrogens with one attached hydrogen (secondary N) is 1. The van der Waals surface area contributed by atoms with Crippen LogP contribution in [0.25, 0.3) is 11.4 Å². The molecule has 0 bridgehead atoms. The van der Waals surface area contributed by atoms with Crippen LogP contribution in [0.4, 0.5) is 0 Å². The van der Waals surface area contributed by atoms with E-state index in [2.05, 4.69) is 31.1 Å². The van der Waals surface area contributed by atoms with Gasteiger partial charge in [-0.25, -0.2) is 4.98 Å². The molecule has 0 radical (unpaired) electrons. The molecule has 17 heavy (non-hydrogen) atoms. The van der Waals surface area contributed by atoms with E-state index >= 15 is 0 Å². The molecule has 0 amide bonds. The van der Waals surface area contributed by atoms with Crippen molar-refractivity contribution in [3.05, 3.63) is 33.5 Å². The average Bonchev–Trinajstić information content (AvgIpc) is 2.73. The van der Waals surface area contributed by atoms with Crippen molar-refractivity contribution in [1.82, 2.24) is 15.2 Å². The smallest absolute Gasteiger partial charge is 0.181 e. The first kappa shape index (κ1) is 12.5. The minimum absolute atomic E-state index is 0.652. The number of H-pyrrole nitrogens is 1. The quantitative estimate of drug-likeness (QED) is 0.911. The number of nitrogens with two attached hydrogens (primary N) is 1. The summed E-state index contributed by atoms with van der Waals surface area (Å²) in [5, 5.41) is 7.72. The van der Waals surface area contributed by atoms with Crippen molar-refractivity contribution in [1.29, 1.82) is 0 Å². The predicted octanol–water partition coefficient (Wildman–Crippen LogP) is 2.78. The third-order valence-corrected chi connectivity index (χ3v) is 2.95. The lowest BCUT2D eigenvalue weighted by Crippen LogP contribution is -2.01. The summed E-state index contributed by atoms with van der Waals surface area (Å²) in [6.45, 7) is 0.652. The van der Waals surface area contributed by atoms with E-state index in [9.17, 15) is 0 Å². The Kier molecular flexibility index (Phi) is 4.15. The van der Waals surface area contributed by atoms with E-state index < -0.39 is 0 Å². The molecule has 0 aliphatic heterocycles. The van der Waals surface area contributed by atoms with Crippen LogP contribution >= 0.6 is 27.5 Å². The highest BCUT2D eigenvalue weighted by molar-refractivity contribution is 9.10. The molecular weight excluding hydrogens is 304 g/mol. The summed E-state index contributed by atoms with van der Waals surface area (Å²) in [5.74, 6) is 1.50. The van der Waals surface area contributed by atoms with E-state index in [-0.39, 0.29) is 0 Å². The third kappa shape index (κ3) is 3.28. The van der Waals surface area contributed by atoms with Crippen LogP contribution in [0.5, 0.6) is 0 Å². The lowest BCUT2D eigenvalue weighted by molar-refractivity contribution is 0.785. The molecule has 0 saturated carbocycles. The first-order valence-electron chi connectivity index (χ1n) is 5.27. The molecule has 1 aromatic heterocycles. The molecule has 0 aliphatic carbocycles. The number of aromatic nitrogens is 3. The lowest BCUT2D eigenvalue weighted by Gasteiger charge is -1.98. The van der Waals surface area contributed by atoms with E-state index in [0.29, 0.717) is 17.4 Å². The maximum absolute atomic E-state index is 5.98. The van der Waals surface area contributed by atoms with Crippen LogP contribution in [0, 0.1) is 0 Å². The van der Waals surface area contributed by atoms with Gasteiger partial charge >= 0.3 is 0 Å². The summed E-state index contributed by atoms with van der Waals surface area (Å²) in [7, 11) is 0. The standard InChI is InChI=1S/C11H12BrClN4/c12-8-4-7(5-9(13)6-8)11-15-10(16-17-11)2-1-3-14/h4-6H,1-3,14H2,(H,15,16,17). The number of benzene rings is 1. The molecule has 0 aliphatic rings. The Morgan fingerprint density at radius 3 is 2.88 bits per heavy atom. The zero-order valence-corrected chi connectivity index (χ0v) is 11.4. The first-order valence-corrected chi connectivity index (χ1v) is 6.44.